The highest BCUT2D eigenvalue weighted by atomic mass is 35.5. The van der Waals surface area contributed by atoms with Gasteiger partial charge in [0.15, 0.2) is 5.15 Å². The predicted molar refractivity (Wildman–Crippen MR) is 161 cm³/mol. The minimum Gasteiger partial charge on any atom is -0.453 e. The first-order valence-corrected chi connectivity index (χ1v) is 17.0. The summed E-state index contributed by atoms with van der Waals surface area (Å²) in [6.45, 7) is 2.32. The summed E-state index contributed by atoms with van der Waals surface area (Å²) >= 11 is 6.65. The molecule has 0 spiro atoms. The fourth-order valence-electron chi connectivity index (χ4n) is 6.88. The quantitative estimate of drug-likeness (QED) is 0.419. The molecular weight excluding hydrogens is 580 g/mol. The van der Waals surface area contributed by atoms with Crippen LogP contribution in [0.4, 0.5) is 10.5 Å². The lowest BCUT2D eigenvalue weighted by Gasteiger charge is -2.34. The standard InChI is InChI=1S/C29H41ClN6O5S/c1-41-29(38)32-23-9-7-20(8-10-23)25-26(30)34-27(33-25)24-15-22(19-11-13-35(14-12-19)42(2,39)40)17-36(24)28(37)21-5-3-18(16-31)4-6-21/h7-10,18-19,21-22,24H,3-6,11-17,31H2,1-2H3,(H,32,38)(H,33,34)/t18-,21+,22-,24?/m0/s1. The average molecular weight is 621 g/mol. The maximum Gasteiger partial charge on any atom is 0.411 e. The van der Waals surface area contributed by atoms with Crippen molar-refractivity contribution in [1.82, 2.24) is 19.2 Å². The van der Waals surface area contributed by atoms with E-state index >= 15 is 0 Å². The van der Waals surface area contributed by atoms with Crippen LogP contribution in [0.1, 0.15) is 56.8 Å². The fourth-order valence-corrected chi connectivity index (χ4v) is 8.00. The number of likely N-dealkylation sites (tertiary alicyclic amines) is 1. The van der Waals surface area contributed by atoms with Gasteiger partial charge in [0.1, 0.15) is 5.82 Å². The number of piperidine rings is 1. The number of sulfonamides is 1. The van der Waals surface area contributed by atoms with Crippen molar-refractivity contribution in [3.8, 4) is 11.3 Å². The van der Waals surface area contributed by atoms with Gasteiger partial charge in [-0.25, -0.2) is 22.5 Å². The van der Waals surface area contributed by atoms with Crippen LogP contribution in [-0.2, 0) is 19.6 Å². The van der Waals surface area contributed by atoms with Gasteiger partial charge in [-0.1, -0.05) is 23.7 Å². The van der Waals surface area contributed by atoms with Gasteiger partial charge >= 0.3 is 6.09 Å². The molecule has 2 saturated heterocycles. The Morgan fingerprint density at radius 1 is 1.10 bits per heavy atom. The third kappa shape index (κ3) is 6.77. The van der Waals surface area contributed by atoms with Gasteiger partial charge < -0.3 is 20.4 Å². The van der Waals surface area contributed by atoms with Gasteiger partial charge in [-0.05, 0) is 81.4 Å². The number of hydrogen-bond acceptors (Lipinski definition) is 7. The number of halogens is 1. The van der Waals surface area contributed by atoms with Crippen LogP contribution in [0.25, 0.3) is 11.3 Å². The van der Waals surface area contributed by atoms with E-state index in [1.807, 2.05) is 17.0 Å². The van der Waals surface area contributed by atoms with Crippen molar-refractivity contribution < 1.29 is 22.7 Å². The number of methoxy groups -OCH3 is 1. The van der Waals surface area contributed by atoms with E-state index in [9.17, 15) is 18.0 Å². The van der Waals surface area contributed by atoms with Gasteiger partial charge in [0.2, 0.25) is 15.9 Å². The molecule has 1 aromatic carbocycles. The average Bonchev–Trinajstić information content (AvgIpc) is 3.61. The van der Waals surface area contributed by atoms with Crippen molar-refractivity contribution in [2.24, 2.45) is 29.4 Å². The largest absolute Gasteiger partial charge is 0.453 e. The summed E-state index contributed by atoms with van der Waals surface area (Å²) in [5.74, 6) is 1.86. The number of anilines is 1. The van der Waals surface area contributed by atoms with Gasteiger partial charge in [0, 0.05) is 36.8 Å². The predicted octanol–water partition coefficient (Wildman–Crippen LogP) is 4.23. The third-order valence-electron chi connectivity index (χ3n) is 9.38. The molecule has 13 heteroatoms. The van der Waals surface area contributed by atoms with Crippen LogP contribution in [0.15, 0.2) is 24.3 Å². The highest BCUT2D eigenvalue weighted by Crippen LogP contribution is 2.44. The smallest absolute Gasteiger partial charge is 0.411 e. The Labute approximate surface area is 252 Å². The van der Waals surface area contributed by atoms with E-state index in [1.165, 1.54) is 13.4 Å². The van der Waals surface area contributed by atoms with Gasteiger partial charge in [-0.2, -0.15) is 0 Å². The van der Waals surface area contributed by atoms with Crippen molar-refractivity contribution in [3.05, 3.63) is 35.2 Å². The number of aromatic amines is 1. The van der Waals surface area contributed by atoms with E-state index in [2.05, 4.69) is 15.0 Å². The van der Waals surface area contributed by atoms with Crippen LogP contribution in [-0.4, -0.2) is 79.1 Å². The number of nitrogens with zero attached hydrogens (tertiary/aromatic N) is 3. The number of H-pyrrole nitrogens is 1. The van der Waals surface area contributed by atoms with E-state index < -0.39 is 16.1 Å². The highest BCUT2D eigenvalue weighted by Gasteiger charge is 2.44. The number of carbonyl (C=O) groups excluding carboxylic acids is 2. The van der Waals surface area contributed by atoms with E-state index in [-0.39, 0.29) is 23.8 Å². The minimum absolute atomic E-state index is 0.0270. The number of benzene rings is 1. The first-order chi connectivity index (χ1) is 20.1. The molecule has 1 saturated carbocycles. The second-order valence-electron chi connectivity index (χ2n) is 11.9. The minimum atomic E-state index is -3.21. The van der Waals surface area contributed by atoms with Crippen molar-refractivity contribution in [1.29, 1.82) is 0 Å². The Morgan fingerprint density at radius 2 is 1.76 bits per heavy atom. The van der Waals surface area contributed by atoms with Crippen LogP contribution >= 0.6 is 11.6 Å². The molecule has 5 rings (SSSR count). The highest BCUT2D eigenvalue weighted by molar-refractivity contribution is 7.88. The topological polar surface area (TPSA) is 151 Å². The number of imidazole rings is 1. The SMILES string of the molecule is COC(=O)Nc1ccc(-c2[nH]c(C3C[C@H](C4CCN(S(C)(=O)=O)CC4)CN3C(=O)[C@H]3CC[C@@H](CN)CC3)nc2Cl)cc1. The number of ether oxygens (including phenoxy) is 1. The number of nitrogens with two attached hydrogens (primary N) is 1. The van der Waals surface area contributed by atoms with Crippen LogP contribution in [0.5, 0.6) is 0 Å². The van der Waals surface area contributed by atoms with Crippen LogP contribution in [0.3, 0.4) is 0 Å². The van der Waals surface area contributed by atoms with Crippen LogP contribution in [0.2, 0.25) is 5.15 Å². The summed E-state index contributed by atoms with van der Waals surface area (Å²) in [7, 11) is -1.90. The molecule has 1 unspecified atom stereocenters. The molecule has 4 N–H and O–H groups in total. The Balaban J connectivity index is 1.36. The molecule has 2 amide bonds. The lowest BCUT2D eigenvalue weighted by Crippen LogP contribution is -2.41. The van der Waals surface area contributed by atoms with E-state index in [1.54, 1.807) is 16.4 Å². The Morgan fingerprint density at radius 3 is 2.36 bits per heavy atom. The van der Waals surface area contributed by atoms with Crippen molar-refractivity contribution in [2.75, 3.05) is 44.9 Å². The molecule has 2 aromatic rings. The summed E-state index contributed by atoms with van der Waals surface area (Å²) in [6, 6.07) is 6.94. The maximum atomic E-state index is 14.0. The van der Waals surface area contributed by atoms with Crippen molar-refractivity contribution in [3.63, 3.8) is 0 Å². The number of amides is 2. The van der Waals surface area contributed by atoms with Crippen molar-refractivity contribution in [2.45, 2.75) is 51.0 Å². The molecule has 42 heavy (non-hydrogen) atoms. The first kappa shape index (κ1) is 30.8. The summed E-state index contributed by atoms with van der Waals surface area (Å²) in [6.07, 6.45) is 6.65. The maximum absolute atomic E-state index is 14.0. The molecule has 0 radical (unpaired) electrons. The van der Waals surface area contributed by atoms with Gasteiger partial charge in [-0.3, -0.25) is 10.1 Å². The van der Waals surface area contributed by atoms with Gasteiger partial charge in [0.25, 0.3) is 0 Å². The molecule has 3 aliphatic rings. The molecule has 2 atom stereocenters. The monoisotopic (exact) mass is 620 g/mol. The first-order valence-electron chi connectivity index (χ1n) is 14.7. The number of hydrogen-bond donors (Lipinski definition) is 3. The fraction of sp³-hybridized carbons (Fsp3) is 0.621. The number of nitrogens with one attached hydrogen (secondary N) is 2. The number of aromatic nitrogens is 2. The Hall–Kier alpha value is -2.67. The molecule has 3 fully saturated rings. The Kier molecular flexibility index (Phi) is 9.46. The van der Waals surface area contributed by atoms with Gasteiger partial charge in [-0.15, -0.1) is 0 Å². The summed E-state index contributed by atoms with van der Waals surface area (Å²) in [5, 5.41) is 2.95. The summed E-state index contributed by atoms with van der Waals surface area (Å²) < 4.78 is 30.3. The molecule has 1 aliphatic carbocycles. The van der Waals surface area contributed by atoms with Crippen molar-refractivity contribution >= 4 is 39.3 Å². The van der Waals surface area contributed by atoms with Gasteiger partial charge in [0.05, 0.1) is 25.1 Å². The van der Waals surface area contributed by atoms with Crippen LogP contribution in [0, 0.1) is 23.7 Å². The molecule has 3 heterocycles. The molecule has 11 nitrogen and oxygen atoms in total. The normalized spacial score (nSPS) is 25.9. The molecular formula is C29H41ClN6O5S. The molecule has 0 bridgehead atoms. The zero-order valence-electron chi connectivity index (χ0n) is 24.2. The van der Waals surface area contributed by atoms with E-state index in [4.69, 9.17) is 22.3 Å². The lowest BCUT2D eigenvalue weighted by molar-refractivity contribution is -0.138. The zero-order chi connectivity index (χ0) is 30.0. The number of rotatable bonds is 7. The molecule has 1 aromatic heterocycles. The lowest BCUT2D eigenvalue weighted by atomic mass is 9.81. The molecule has 230 valence electrons. The second kappa shape index (κ2) is 12.9. The number of carbonyl (C=O) groups is 2. The second-order valence-corrected chi connectivity index (χ2v) is 14.3. The molecule has 2 aliphatic heterocycles. The summed E-state index contributed by atoms with van der Waals surface area (Å²) in [4.78, 5) is 35.6. The van der Waals surface area contributed by atoms with E-state index in [0.717, 1.165) is 50.5 Å². The Bertz CT molecular complexity index is 1370. The van der Waals surface area contributed by atoms with E-state index in [0.29, 0.717) is 60.4 Å². The zero-order valence-corrected chi connectivity index (χ0v) is 25.8. The van der Waals surface area contributed by atoms with Crippen LogP contribution < -0.4 is 11.1 Å². The third-order valence-corrected chi connectivity index (χ3v) is 11.0. The summed E-state index contributed by atoms with van der Waals surface area (Å²) in [5.41, 5.74) is 7.93.